The standard InChI is InChI=1S/C6H11N3O/c1-4(2)5-7-8-6(10)9(5)3/h4H,1-3H3,(H,8,10). The van der Waals surface area contributed by atoms with Crippen LogP contribution in [-0.4, -0.2) is 14.8 Å². The minimum atomic E-state index is -0.149. The second-order valence-corrected chi connectivity index (χ2v) is 2.60. The second-order valence-electron chi connectivity index (χ2n) is 2.60. The maximum Gasteiger partial charge on any atom is 0.343 e. The van der Waals surface area contributed by atoms with E-state index in [0.717, 1.165) is 5.82 Å². The lowest BCUT2D eigenvalue weighted by Gasteiger charge is -2.00. The van der Waals surface area contributed by atoms with E-state index in [9.17, 15) is 4.79 Å². The first-order chi connectivity index (χ1) is 4.63. The Balaban J connectivity index is 3.18. The fourth-order valence-corrected chi connectivity index (χ4v) is 0.876. The zero-order chi connectivity index (χ0) is 7.72. The van der Waals surface area contributed by atoms with Crippen LogP contribution in [0.4, 0.5) is 0 Å². The average Bonchev–Trinajstić information content (AvgIpc) is 2.14. The molecule has 0 fully saturated rings. The van der Waals surface area contributed by atoms with Gasteiger partial charge in [0.25, 0.3) is 0 Å². The molecule has 0 aliphatic carbocycles. The fourth-order valence-electron chi connectivity index (χ4n) is 0.876. The Kier molecular flexibility index (Phi) is 1.61. The van der Waals surface area contributed by atoms with E-state index in [1.54, 1.807) is 7.05 Å². The molecule has 0 aliphatic rings. The summed E-state index contributed by atoms with van der Waals surface area (Å²) in [5.41, 5.74) is -0.149. The molecular weight excluding hydrogens is 130 g/mol. The van der Waals surface area contributed by atoms with Gasteiger partial charge in [0.2, 0.25) is 0 Å². The van der Waals surface area contributed by atoms with E-state index >= 15 is 0 Å². The molecule has 0 amide bonds. The number of hydrogen-bond acceptors (Lipinski definition) is 2. The van der Waals surface area contributed by atoms with Crippen molar-refractivity contribution >= 4 is 0 Å². The van der Waals surface area contributed by atoms with E-state index in [0.29, 0.717) is 5.92 Å². The minimum absolute atomic E-state index is 0.149. The Morgan fingerprint density at radius 2 is 2.20 bits per heavy atom. The number of hydrogen-bond donors (Lipinski definition) is 1. The quantitative estimate of drug-likeness (QED) is 0.608. The van der Waals surface area contributed by atoms with Gasteiger partial charge in [-0.1, -0.05) is 13.8 Å². The molecular formula is C6H11N3O. The maximum atomic E-state index is 10.8. The van der Waals surface area contributed by atoms with Crippen LogP contribution in [0.3, 0.4) is 0 Å². The van der Waals surface area contributed by atoms with Crippen LogP contribution >= 0.6 is 0 Å². The zero-order valence-electron chi connectivity index (χ0n) is 6.38. The van der Waals surface area contributed by atoms with E-state index in [1.165, 1.54) is 4.57 Å². The Bertz CT molecular complexity index is 271. The van der Waals surface area contributed by atoms with Crippen LogP contribution in [0.25, 0.3) is 0 Å². The van der Waals surface area contributed by atoms with Crippen LogP contribution in [0.2, 0.25) is 0 Å². The molecule has 56 valence electrons. The smallest absolute Gasteiger partial charge is 0.282 e. The molecule has 0 spiro atoms. The van der Waals surface area contributed by atoms with E-state index in [4.69, 9.17) is 0 Å². The predicted octanol–water partition coefficient (Wildman–Crippen LogP) is 0.232. The van der Waals surface area contributed by atoms with Gasteiger partial charge in [0.1, 0.15) is 5.82 Å². The number of nitrogens with one attached hydrogen (secondary N) is 1. The number of aromatic amines is 1. The molecule has 1 aromatic rings. The molecule has 10 heavy (non-hydrogen) atoms. The van der Waals surface area contributed by atoms with Gasteiger partial charge in [0.05, 0.1) is 0 Å². The third-order valence-corrected chi connectivity index (χ3v) is 1.43. The van der Waals surface area contributed by atoms with Gasteiger partial charge in [-0.15, -0.1) is 0 Å². The maximum absolute atomic E-state index is 10.8. The summed E-state index contributed by atoms with van der Waals surface area (Å²) < 4.78 is 1.52. The van der Waals surface area contributed by atoms with Crippen molar-refractivity contribution in [1.82, 2.24) is 14.8 Å². The summed E-state index contributed by atoms with van der Waals surface area (Å²) in [6.45, 7) is 3.99. The second kappa shape index (κ2) is 2.28. The van der Waals surface area contributed by atoms with Crippen molar-refractivity contribution in [1.29, 1.82) is 0 Å². The molecule has 1 rings (SSSR count). The highest BCUT2D eigenvalue weighted by molar-refractivity contribution is 4.90. The largest absolute Gasteiger partial charge is 0.343 e. The number of nitrogens with zero attached hydrogens (tertiary/aromatic N) is 2. The molecule has 0 bridgehead atoms. The predicted molar refractivity (Wildman–Crippen MR) is 37.9 cm³/mol. The molecule has 0 saturated carbocycles. The summed E-state index contributed by atoms with van der Waals surface area (Å²) in [7, 11) is 1.71. The van der Waals surface area contributed by atoms with Gasteiger partial charge in [-0.3, -0.25) is 4.57 Å². The van der Waals surface area contributed by atoms with Crippen molar-refractivity contribution in [3.63, 3.8) is 0 Å². The topological polar surface area (TPSA) is 50.7 Å². The van der Waals surface area contributed by atoms with Crippen molar-refractivity contribution in [2.75, 3.05) is 0 Å². The van der Waals surface area contributed by atoms with Crippen molar-refractivity contribution in [2.45, 2.75) is 19.8 Å². The third kappa shape index (κ3) is 0.964. The number of aromatic nitrogens is 3. The van der Waals surface area contributed by atoms with Crippen molar-refractivity contribution in [3.05, 3.63) is 16.3 Å². The molecule has 0 atom stereocenters. The van der Waals surface area contributed by atoms with Crippen LogP contribution in [0.1, 0.15) is 25.6 Å². The van der Waals surface area contributed by atoms with Gasteiger partial charge in [-0.2, -0.15) is 5.10 Å². The van der Waals surface area contributed by atoms with Crippen LogP contribution in [0, 0.1) is 0 Å². The van der Waals surface area contributed by atoms with E-state index in [-0.39, 0.29) is 5.69 Å². The molecule has 1 heterocycles. The normalized spacial score (nSPS) is 10.8. The Morgan fingerprint density at radius 3 is 2.40 bits per heavy atom. The van der Waals surface area contributed by atoms with Gasteiger partial charge in [-0.05, 0) is 0 Å². The van der Waals surface area contributed by atoms with Crippen LogP contribution in [0.5, 0.6) is 0 Å². The third-order valence-electron chi connectivity index (χ3n) is 1.43. The molecule has 0 radical (unpaired) electrons. The zero-order valence-corrected chi connectivity index (χ0v) is 6.38. The summed E-state index contributed by atoms with van der Waals surface area (Å²) in [5, 5.41) is 6.22. The van der Waals surface area contributed by atoms with E-state index < -0.39 is 0 Å². The van der Waals surface area contributed by atoms with Crippen LogP contribution in [-0.2, 0) is 7.05 Å². The summed E-state index contributed by atoms with van der Waals surface area (Å²) in [6.07, 6.45) is 0. The van der Waals surface area contributed by atoms with Gasteiger partial charge < -0.3 is 0 Å². The molecule has 1 aromatic heterocycles. The van der Waals surface area contributed by atoms with Crippen molar-refractivity contribution in [3.8, 4) is 0 Å². The highest BCUT2D eigenvalue weighted by Gasteiger charge is 2.06. The monoisotopic (exact) mass is 141 g/mol. The summed E-state index contributed by atoms with van der Waals surface area (Å²) >= 11 is 0. The van der Waals surface area contributed by atoms with Gasteiger partial charge in [0.15, 0.2) is 0 Å². The highest BCUT2D eigenvalue weighted by atomic mass is 16.1. The lowest BCUT2D eigenvalue weighted by molar-refractivity contribution is 0.700. The van der Waals surface area contributed by atoms with E-state index in [2.05, 4.69) is 10.2 Å². The first kappa shape index (κ1) is 7.05. The van der Waals surface area contributed by atoms with Gasteiger partial charge >= 0.3 is 5.69 Å². The lowest BCUT2D eigenvalue weighted by atomic mass is 10.2. The minimum Gasteiger partial charge on any atom is -0.282 e. The fraction of sp³-hybridized carbons (Fsp3) is 0.667. The Labute approximate surface area is 58.9 Å². The van der Waals surface area contributed by atoms with Crippen molar-refractivity contribution in [2.24, 2.45) is 7.05 Å². The average molecular weight is 141 g/mol. The Hall–Kier alpha value is -1.06. The number of H-pyrrole nitrogens is 1. The SMILES string of the molecule is CC(C)c1n[nH]c(=O)n1C. The van der Waals surface area contributed by atoms with Crippen molar-refractivity contribution < 1.29 is 0 Å². The summed E-state index contributed by atoms with van der Waals surface area (Å²) in [4.78, 5) is 10.8. The summed E-state index contributed by atoms with van der Waals surface area (Å²) in [6, 6.07) is 0. The Morgan fingerprint density at radius 1 is 1.60 bits per heavy atom. The molecule has 0 aromatic carbocycles. The first-order valence-electron chi connectivity index (χ1n) is 3.24. The van der Waals surface area contributed by atoms with E-state index in [1.807, 2.05) is 13.8 Å². The van der Waals surface area contributed by atoms with Crippen LogP contribution in [0.15, 0.2) is 4.79 Å². The molecule has 1 N–H and O–H groups in total. The summed E-state index contributed by atoms with van der Waals surface area (Å²) in [5.74, 6) is 1.09. The number of rotatable bonds is 1. The highest BCUT2D eigenvalue weighted by Crippen LogP contribution is 2.05. The molecule has 0 unspecified atom stereocenters. The molecule has 0 saturated heterocycles. The molecule has 4 nitrogen and oxygen atoms in total. The molecule has 4 heteroatoms. The van der Waals surface area contributed by atoms with Crippen LogP contribution < -0.4 is 5.69 Å². The molecule has 0 aliphatic heterocycles. The van der Waals surface area contributed by atoms with Gasteiger partial charge in [0, 0.05) is 13.0 Å². The lowest BCUT2D eigenvalue weighted by Crippen LogP contribution is -2.14. The first-order valence-corrected chi connectivity index (χ1v) is 3.24. The van der Waals surface area contributed by atoms with Gasteiger partial charge in [-0.25, -0.2) is 9.89 Å².